The van der Waals surface area contributed by atoms with Crippen molar-refractivity contribution >= 4 is 28.6 Å². The number of carbonyl (C=O) groups is 1. The summed E-state index contributed by atoms with van der Waals surface area (Å²) in [7, 11) is 0. The molecular weight excluding hydrogens is 344 g/mol. The van der Waals surface area contributed by atoms with Crippen LogP contribution in [-0.2, 0) is 11.2 Å². The van der Waals surface area contributed by atoms with Gasteiger partial charge in [0.2, 0.25) is 0 Å². The third-order valence-corrected chi connectivity index (χ3v) is 5.41. The summed E-state index contributed by atoms with van der Waals surface area (Å²) in [6, 6.07) is 26.4. The summed E-state index contributed by atoms with van der Waals surface area (Å²) in [6.45, 7) is 0. The third kappa shape index (κ3) is 2.81. The van der Waals surface area contributed by atoms with Crippen molar-refractivity contribution in [3.8, 4) is 0 Å². The quantitative estimate of drug-likeness (QED) is 0.478. The molecule has 3 nitrogen and oxygen atoms in total. The third-order valence-electron chi connectivity index (χ3n) is 5.41. The standard InChI is InChI=1S/C25H20N2O/c28-25(15-14-18-8-2-1-3-9-18)27-23-13-7-4-10-19(23)16-24(27)21-17-26-22-12-6-5-11-20(21)22/h1-15,17,24,26H,16H2/b15-14-/t24-/m0/s1. The Morgan fingerprint density at radius 1 is 0.929 bits per heavy atom. The Balaban J connectivity index is 1.55. The maximum Gasteiger partial charge on any atom is 0.251 e. The van der Waals surface area contributed by atoms with E-state index < -0.39 is 0 Å². The molecule has 4 aromatic rings. The number of nitrogens with zero attached hydrogens (tertiary/aromatic N) is 1. The van der Waals surface area contributed by atoms with Gasteiger partial charge in [0, 0.05) is 34.4 Å². The second-order valence-corrected chi connectivity index (χ2v) is 7.09. The van der Waals surface area contributed by atoms with Crippen molar-refractivity contribution in [3.63, 3.8) is 0 Å². The van der Waals surface area contributed by atoms with E-state index in [1.54, 1.807) is 6.08 Å². The van der Waals surface area contributed by atoms with Crippen molar-refractivity contribution in [1.82, 2.24) is 4.98 Å². The average molecular weight is 364 g/mol. The molecule has 1 atom stereocenters. The first-order chi connectivity index (χ1) is 13.8. The lowest BCUT2D eigenvalue weighted by molar-refractivity contribution is -0.114. The van der Waals surface area contributed by atoms with Crippen molar-refractivity contribution in [3.05, 3.63) is 108 Å². The Bertz CT molecular complexity index is 1170. The number of para-hydroxylation sites is 2. The monoisotopic (exact) mass is 364 g/mol. The van der Waals surface area contributed by atoms with E-state index in [-0.39, 0.29) is 11.9 Å². The Kier molecular flexibility index (Phi) is 4.06. The fraction of sp³-hybridized carbons (Fsp3) is 0.0800. The number of rotatable bonds is 3. The van der Waals surface area contributed by atoms with E-state index in [1.165, 1.54) is 10.9 Å². The van der Waals surface area contributed by atoms with Crippen LogP contribution in [0.15, 0.2) is 91.1 Å². The van der Waals surface area contributed by atoms with Crippen LogP contribution < -0.4 is 4.90 Å². The van der Waals surface area contributed by atoms with Gasteiger partial charge in [-0.05, 0) is 35.8 Å². The van der Waals surface area contributed by atoms with Crippen LogP contribution in [0.4, 0.5) is 5.69 Å². The lowest BCUT2D eigenvalue weighted by Crippen LogP contribution is -2.30. The fourth-order valence-corrected chi connectivity index (χ4v) is 4.09. The van der Waals surface area contributed by atoms with Crippen molar-refractivity contribution in [2.75, 3.05) is 4.90 Å². The Morgan fingerprint density at radius 2 is 1.68 bits per heavy atom. The van der Waals surface area contributed by atoms with Gasteiger partial charge >= 0.3 is 0 Å². The molecule has 0 spiro atoms. The molecule has 0 bridgehead atoms. The zero-order valence-corrected chi connectivity index (χ0v) is 15.4. The van der Waals surface area contributed by atoms with Gasteiger partial charge in [0.1, 0.15) is 0 Å². The van der Waals surface area contributed by atoms with Crippen LogP contribution in [0.1, 0.15) is 22.7 Å². The van der Waals surface area contributed by atoms with E-state index >= 15 is 0 Å². The van der Waals surface area contributed by atoms with Gasteiger partial charge in [0.25, 0.3) is 5.91 Å². The summed E-state index contributed by atoms with van der Waals surface area (Å²) >= 11 is 0. The van der Waals surface area contributed by atoms with Gasteiger partial charge in [-0.3, -0.25) is 4.79 Å². The smallest absolute Gasteiger partial charge is 0.251 e. The number of benzene rings is 3. The highest BCUT2D eigenvalue weighted by Crippen LogP contribution is 2.42. The predicted octanol–water partition coefficient (Wildman–Crippen LogP) is 5.51. The number of amides is 1. The van der Waals surface area contributed by atoms with Crippen LogP contribution in [0, 0.1) is 0 Å². The first-order valence-corrected chi connectivity index (χ1v) is 9.51. The molecule has 2 heterocycles. The molecule has 1 amide bonds. The summed E-state index contributed by atoms with van der Waals surface area (Å²) in [4.78, 5) is 18.5. The number of H-pyrrole nitrogens is 1. The van der Waals surface area contributed by atoms with E-state index in [1.807, 2.05) is 77.8 Å². The van der Waals surface area contributed by atoms with Crippen molar-refractivity contribution in [1.29, 1.82) is 0 Å². The van der Waals surface area contributed by atoms with Crippen LogP contribution in [-0.4, -0.2) is 10.9 Å². The second-order valence-electron chi connectivity index (χ2n) is 7.09. The summed E-state index contributed by atoms with van der Waals surface area (Å²) in [5, 5.41) is 1.17. The van der Waals surface area contributed by atoms with Gasteiger partial charge < -0.3 is 9.88 Å². The molecule has 1 aliphatic heterocycles. The molecule has 0 aliphatic carbocycles. The maximum absolute atomic E-state index is 13.3. The first kappa shape index (κ1) is 16.6. The molecule has 0 saturated carbocycles. The molecule has 5 rings (SSSR count). The number of fused-ring (bicyclic) bond motifs is 2. The summed E-state index contributed by atoms with van der Waals surface area (Å²) in [5.74, 6) is 0.00378. The van der Waals surface area contributed by atoms with E-state index in [2.05, 4.69) is 23.2 Å². The molecule has 28 heavy (non-hydrogen) atoms. The number of hydrogen-bond acceptors (Lipinski definition) is 1. The van der Waals surface area contributed by atoms with Gasteiger partial charge in [-0.25, -0.2) is 0 Å². The maximum atomic E-state index is 13.3. The number of hydrogen-bond donors (Lipinski definition) is 1. The number of nitrogens with one attached hydrogen (secondary N) is 1. The molecule has 3 aromatic carbocycles. The Hall–Kier alpha value is -3.59. The number of anilines is 1. The van der Waals surface area contributed by atoms with Gasteiger partial charge in [0.05, 0.1) is 6.04 Å². The normalized spacial score (nSPS) is 16.0. The fourth-order valence-electron chi connectivity index (χ4n) is 4.09. The van der Waals surface area contributed by atoms with Crippen molar-refractivity contribution in [2.24, 2.45) is 0 Å². The SMILES string of the molecule is O=C(/C=C\c1ccccc1)N1c2ccccc2C[C@H]1c1c[nH]c2ccccc12. The highest BCUT2D eigenvalue weighted by Gasteiger charge is 2.34. The topological polar surface area (TPSA) is 36.1 Å². The van der Waals surface area contributed by atoms with Crippen molar-refractivity contribution < 1.29 is 4.79 Å². The van der Waals surface area contributed by atoms with Crippen LogP contribution >= 0.6 is 0 Å². The van der Waals surface area contributed by atoms with Gasteiger partial charge in [-0.15, -0.1) is 0 Å². The summed E-state index contributed by atoms with van der Waals surface area (Å²) in [6.07, 6.45) is 6.43. The molecule has 3 heteroatoms. The Morgan fingerprint density at radius 3 is 2.57 bits per heavy atom. The first-order valence-electron chi connectivity index (χ1n) is 9.51. The van der Waals surface area contributed by atoms with Gasteiger partial charge in [-0.1, -0.05) is 66.7 Å². The van der Waals surface area contributed by atoms with Crippen molar-refractivity contribution in [2.45, 2.75) is 12.5 Å². The molecule has 0 fully saturated rings. The zero-order chi connectivity index (χ0) is 18.9. The molecular formula is C25H20N2O. The lowest BCUT2D eigenvalue weighted by atomic mass is 10.0. The minimum absolute atomic E-state index is 0.00378. The second kappa shape index (κ2) is 6.86. The van der Waals surface area contributed by atoms with E-state index in [4.69, 9.17) is 0 Å². The molecule has 136 valence electrons. The average Bonchev–Trinajstić information content (AvgIpc) is 3.34. The van der Waals surface area contributed by atoms with Gasteiger partial charge in [-0.2, -0.15) is 0 Å². The number of aromatic amines is 1. The molecule has 1 aliphatic rings. The molecule has 0 saturated heterocycles. The van der Waals surface area contributed by atoms with E-state index in [0.717, 1.165) is 28.8 Å². The molecule has 0 unspecified atom stereocenters. The molecule has 0 radical (unpaired) electrons. The predicted molar refractivity (Wildman–Crippen MR) is 114 cm³/mol. The molecule has 1 aromatic heterocycles. The van der Waals surface area contributed by atoms with Crippen LogP contribution in [0.5, 0.6) is 0 Å². The summed E-state index contributed by atoms with van der Waals surface area (Å²) < 4.78 is 0. The van der Waals surface area contributed by atoms with Crippen LogP contribution in [0.25, 0.3) is 17.0 Å². The zero-order valence-electron chi connectivity index (χ0n) is 15.4. The number of aromatic nitrogens is 1. The minimum atomic E-state index is -0.0125. The summed E-state index contributed by atoms with van der Waals surface area (Å²) in [5.41, 5.74) is 5.49. The van der Waals surface area contributed by atoms with Gasteiger partial charge in [0.15, 0.2) is 0 Å². The minimum Gasteiger partial charge on any atom is -0.361 e. The highest BCUT2D eigenvalue weighted by atomic mass is 16.2. The largest absolute Gasteiger partial charge is 0.361 e. The molecule has 1 N–H and O–H groups in total. The van der Waals surface area contributed by atoms with E-state index in [9.17, 15) is 4.79 Å². The Labute approximate surface area is 163 Å². The van der Waals surface area contributed by atoms with E-state index in [0.29, 0.717) is 0 Å². The number of carbonyl (C=O) groups excluding carboxylic acids is 1. The lowest BCUT2D eigenvalue weighted by Gasteiger charge is -2.24. The highest BCUT2D eigenvalue weighted by molar-refractivity contribution is 6.06. The van der Waals surface area contributed by atoms with Crippen LogP contribution in [0.2, 0.25) is 0 Å². The van der Waals surface area contributed by atoms with Crippen LogP contribution in [0.3, 0.4) is 0 Å².